The molecule has 1 heterocycles. The molecule has 0 aromatic heterocycles. The number of nitrogens with zero attached hydrogens (tertiary/aromatic N) is 1. The molecule has 1 saturated carbocycles. The van der Waals surface area contributed by atoms with Crippen molar-refractivity contribution in [1.29, 1.82) is 0 Å². The maximum atomic E-state index is 12.6. The summed E-state index contributed by atoms with van der Waals surface area (Å²) in [6.07, 6.45) is 1.96. The van der Waals surface area contributed by atoms with Crippen LogP contribution in [0.2, 0.25) is 5.02 Å². The lowest BCUT2D eigenvalue weighted by Crippen LogP contribution is -2.35. The Morgan fingerprint density at radius 3 is 2.80 bits per heavy atom. The summed E-state index contributed by atoms with van der Waals surface area (Å²) in [6, 6.07) is 8.18. The summed E-state index contributed by atoms with van der Waals surface area (Å²) < 4.78 is 0. The highest BCUT2D eigenvalue weighted by Crippen LogP contribution is 2.51. The number of halogens is 1. The van der Waals surface area contributed by atoms with Crippen LogP contribution in [-0.4, -0.2) is 29.9 Å². The van der Waals surface area contributed by atoms with Gasteiger partial charge in [0, 0.05) is 23.5 Å². The van der Waals surface area contributed by atoms with Gasteiger partial charge in [-0.05, 0) is 49.8 Å². The lowest BCUT2D eigenvalue weighted by Gasteiger charge is -2.21. The molecule has 3 rings (SSSR count). The molecule has 4 heteroatoms. The minimum Gasteiger partial charge on any atom is -0.339 e. The van der Waals surface area contributed by atoms with Crippen molar-refractivity contribution >= 4 is 17.5 Å². The number of rotatable bonds is 3. The fourth-order valence-corrected chi connectivity index (χ4v) is 3.70. The third-order valence-corrected chi connectivity index (χ3v) is 5.03. The molecule has 108 valence electrons. The Bertz CT molecular complexity index is 519. The van der Waals surface area contributed by atoms with Crippen molar-refractivity contribution in [2.24, 2.45) is 17.6 Å². The highest BCUT2D eigenvalue weighted by Gasteiger charge is 2.48. The van der Waals surface area contributed by atoms with Gasteiger partial charge in [0.15, 0.2) is 0 Å². The summed E-state index contributed by atoms with van der Waals surface area (Å²) in [5.41, 5.74) is 6.85. The third-order valence-electron chi connectivity index (χ3n) is 4.69. The third kappa shape index (κ3) is 2.45. The highest BCUT2D eigenvalue weighted by atomic mass is 35.5. The normalized spacial score (nSPS) is 32.5. The van der Waals surface area contributed by atoms with E-state index in [1.807, 2.05) is 29.2 Å². The van der Waals surface area contributed by atoms with Gasteiger partial charge in [-0.3, -0.25) is 4.79 Å². The summed E-state index contributed by atoms with van der Waals surface area (Å²) in [5, 5.41) is 0.780. The molecule has 1 aromatic rings. The molecule has 0 radical (unpaired) electrons. The Labute approximate surface area is 125 Å². The average molecular weight is 293 g/mol. The van der Waals surface area contributed by atoms with Gasteiger partial charge in [0.1, 0.15) is 0 Å². The second-order valence-electron chi connectivity index (χ2n) is 6.15. The summed E-state index contributed by atoms with van der Waals surface area (Å²) >= 11 is 6.22. The molecule has 1 amide bonds. The fraction of sp³-hybridized carbons (Fsp3) is 0.562. The van der Waals surface area contributed by atoms with Crippen molar-refractivity contribution in [1.82, 2.24) is 4.90 Å². The lowest BCUT2D eigenvalue weighted by molar-refractivity contribution is -0.133. The predicted octanol–water partition coefficient (Wildman–Crippen LogP) is 2.64. The van der Waals surface area contributed by atoms with Crippen LogP contribution in [0.4, 0.5) is 0 Å². The van der Waals surface area contributed by atoms with E-state index in [2.05, 4.69) is 6.92 Å². The molecule has 2 fully saturated rings. The number of carbonyl (C=O) groups is 1. The van der Waals surface area contributed by atoms with Crippen LogP contribution in [0.5, 0.6) is 0 Å². The molecule has 0 bridgehead atoms. The minimum absolute atomic E-state index is 0.119. The van der Waals surface area contributed by atoms with Gasteiger partial charge in [0.25, 0.3) is 0 Å². The molecular formula is C16H21ClN2O. The van der Waals surface area contributed by atoms with Crippen LogP contribution in [0.3, 0.4) is 0 Å². The molecule has 2 aliphatic rings. The van der Waals surface area contributed by atoms with Gasteiger partial charge in [-0.2, -0.15) is 0 Å². The van der Waals surface area contributed by atoms with Crippen molar-refractivity contribution in [3.63, 3.8) is 0 Å². The summed E-state index contributed by atoms with van der Waals surface area (Å²) in [6.45, 7) is 3.62. The molecule has 1 aromatic carbocycles. The second-order valence-corrected chi connectivity index (χ2v) is 6.55. The van der Waals surface area contributed by atoms with Gasteiger partial charge in [-0.1, -0.05) is 29.8 Å². The van der Waals surface area contributed by atoms with E-state index in [1.165, 1.54) is 0 Å². The number of likely N-dealkylation sites (tertiary alicyclic amines) is 1. The van der Waals surface area contributed by atoms with Gasteiger partial charge < -0.3 is 10.6 Å². The van der Waals surface area contributed by atoms with Crippen LogP contribution < -0.4 is 5.73 Å². The van der Waals surface area contributed by atoms with E-state index < -0.39 is 0 Å². The van der Waals surface area contributed by atoms with Gasteiger partial charge in [-0.15, -0.1) is 0 Å². The van der Waals surface area contributed by atoms with E-state index in [4.69, 9.17) is 17.3 Å². The Morgan fingerprint density at radius 1 is 1.40 bits per heavy atom. The van der Waals surface area contributed by atoms with Crippen LogP contribution in [0.25, 0.3) is 0 Å². The van der Waals surface area contributed by atoms with E-state index in [9.17, 15) is 4.79 Å². The minimum atomic E-state index is 0.119. The first-order chi connectivity index (χ1) is 9.61. The molecule has 3 nitrogen and oxygen atoms in total. The van der Waals surface area contributed by atoms with E-state index in [0.717, 1.165) is 30.0 Å². The smallest absolute Gasteiger partial charge is 0.226 e. The zero-order valence-corrected chi connectivity index (χ0v) is 12.5. The molecule has 1 saturated heterocycles. The first kappa shape index (κ1) is 13.9. The number of benzene rings is 1. The fourth-order valence-electron chi connectivity index (χ4n) is 3.42. The molecule has 20 heavy (non-hydrogen) atoms. The zero-order valence-electron chi connectivity index (χ0n) is 11.8. The monoisotopic (exact) mass is 292 g/mol. The van der Waals surface area contributed by atoms with E-state index in [1.54, 1.807) is 0 Å². The largest absolute Gasteiger partial charge is 0.339 e. The Balaban J connectivity index is 1.68. The van der Waals surface area contributed by atoms with Crippen LogP contribution in [0.1, 0.15) is 31.2 Å². The number of amides is 1. The summed E-state index contributed by atoms with van der Waals surface area (Å²) in [7, 11) is 0. The predicted molar refractivity (Wildman–Crippen MR) is 80.6 cm³/mol. The maximum absolute atomic E-state index is 12.6. The number of carbonyl (C=O) groups excluding carboxylic acids is 1. The van der Waals surface area contributed by atoms with Crippen molar-refractivity contribution in [3.05, 3.63) is 34.9 Å². The standard InChI is InChI=1S/C16H21ClN2O/c1-10-6-11(8-18)9-19(10)16(20)14-7-13(14)12-4-2-3-5-15(12)17/h2-5,10-11,13-14H,6-9,18H2,1H3. The molecule has 4 atom stereocenters. The highest BCUT2D eigenvalue weighted by molar-refractivity contribution is 6.31. The van der Waals surface area contributed by atoms with Gasteiger partial charge in [0.05, 0.1) is 0 Å². The number of hydrogen-bond acceptors (Lipinski definition) is 2. The molecule has 1 aliphatic heterocycles. The lowest BCUT2D eigenvalue weighted by atomic mass is 10.1. The van der Waals surface area contributed by atoms with Crippen molar-refractivity contribution < 1.29 is 4.79 Å². The maximum Gasteiger partial charge on any atom is 0.226 e. The summed E-state index contributed by atoms with van der Waals surface area (Å²) in [4.78, 5) is 14.6. The molecule has 1 aliphatic carbocycles. The Morgan fingerprint density at radius 2 is 2.15 bits per heavy atom. The van der Waals surface area contributed by atoms with E-state index >= 15 is 0 Å². The number of nitrogens with two attached hydrogens (primary N) is 1. The first-order valence-corrected chi connectivity index (χ1v) is 7.74. The van der Waals surface area contributed by atoms with Crippen LogP contribution in [0.15, 0.2) is 24.3 Å². The van der Waals surface area contributed by atoms with Crippen LogP contribution >= 0.6 is 11.6 Å². The second kappa shape index (κ2) is 5.38. The topological polar surface area (TPSA) is 46.3 Å². The van der Waals surface area contributed by atoms with Crippen molar-refractivity contribution in [2.75, 3.05) is 13.1 Å². The van der Waals surface area contributed by atoms with Gasteiger partial charge in [0.2, 0.25) is 5.91 Å². The van der Waals surface area contributed by atoms with Crippen molar-refractivity contribution in [2.45, 2.75) is 31.7 Å². The van der Waals surface area contributed by atoms with E-state index in [-0.39, 0.29) is 5.92 Å². The van der Waals surface area contributed by atoms with Gasteiger partial charge in [-0.25, -0.2) is 0 Å². The van der Waals surface area contributed by atoms with Crippen molar-refractivity contribution in [3.8, 4) is 0 Å². The molecular weight excluding hydrogens is 272 g/mol. The van der Waals surface area contributed by atoms with Crippen LogP contribution in [-0.2, 0) is 4.79 Å². The average Bonchev–Trinajstić information content (AvgIpc) is 3.14. The molecule has 4 unspecified atom stereocenters. The molecule has 2 N–H and O–H groups in total. The van der Waals surface area contributed by atoms with E-state index in [0.29, 0.717) is 30.3 Å². The Hall–Kier alpha value is -1.06. The van der Waals surface area contributed by atoms with Gasteiger partial charge >= 0.3 is 0 Å². The number of hydrogen-bond donors (Lipinski definition) is 1. The quantitative estimate of drug-likeness (QED) is 0.931. The first-order valence-electron chi connectivity index (χ1n) is 7.36. The molecule has 0 spiro atoms. The van der Waals surface area contributed by atoms with Crippen LogP contribution in [0, 0.1) is 11.8 Å². The SMILES string of the molecule is CC1CC(CN)CN1C(=O)C1CC1c1ccccc1Cl. The zero-order chi connectivity index (χ0) is 14.3. The Kier molecular flexibility index (Phi) is 3.74. The summed E-state index contributed by atoms with van der Waals surface area (Å²) in [5.74, 6) is 1.18.